The van der Waals surface area contributed by atoms with Crippen molar-refractivity contribution < 1.29 is 14.4 Å². The molecule has 0 saturated carbocycles. The van der Waals surface area contributed by atoms with E-state index in [0.29, 0.717) is 17.4 Å². The van der Waals surface area contributed by atoms with E-state index in [1.807, 2.05) is 30.3 Å². The molecule has 120 valence electrons. The first kappa shape index (κ1) is 16.6. The van der Waals surface area contributed by atoms with Crippen molar-refractivity contribution in [3.05, 3.63) is 35.7 Å². The van der Waals surface area contributed by atoms with E-state index in [1.165, 1.54) is 11.3 Å². The summed E-state index contributed by atoms with van der Waals surface area (Å²) in [7, 11) is 0. The Kier molecular flexibility index (Phi) is 5.81. The summed E-state index contributed by atoms with van der Waals surface area (Å²) in [5.74, 6) is -2.09. The van der Waals surface area contributed by atoms with Crippen molar-refractivity contribution in [3.63, 3.8) is 0 Å². The van der Waals surface area contributed by atoms with E-state index in [-0.39, 0.29) is 12.5 Å². The number of anilines is 1. The predicted molar refractivity (Wildman–Crippen MR) is 87.9 cm³/mol. The molecule has 0 atom stereocenters. The van der Waals surface area contributed by atoms with Crippen molar-refractivity contribution in [2.75, 3.05) is 18.4 Å². The Balaban J connectivity index is 1.89. The van der Waals surface area contributed by atoms with Gasteiger partial charge in [0.25, 0.3) is 0 Å². The third-order valence-corrected chi connectivity index (χ3v) is 3.54. The monoisotopic (exact) mass is 332 g/mol. The average Bonchev–Trinajstić information content (AvgIpc) is 3.02. The summed E-state index contributed by atoms with van der Waals surface area (Å²) in [6.45, 7) is 1.98. The van der Waals surface area contributed by atoms with Gasteiger partial charge in [-0.25, -0.2) is 4.98 Å². The van der Waals surface area contributed by atoms with Crippen LogP contribution in [-0.2, 0) is 14.4 Å². The highest BCUT2D eigenvalue weighted by molar-refractivity contribution is 7.14. The Hall–Kier alpha value is -2.74. The summed E-state index contributed by atoms with van der Waals surface area (Å²) in [6, 6.07) is 9.49. The van der Waals surface area contributed by atoms with Gasteiger partial charge in [0.2, 0.25) is 5.91 Å². The number of rotatable bonds is 5. The molecule has 1 aromatic carbocycles. The maximum absolute atomic E-state index is 11.7. The second-order valence-electron chi connectivity index (χ2n) is 4.49. The maximum atomic E-state index is 11.7. The maximum Gasteiger partial charge on any atom is 0.315 e. The fraction of sp³-hybridized carbons (Fsp3) is 0.200. The number of benzene rings is 1. The molecular weight excluding hydrogens is 316 g/mol. The number of carbonyl (C=O) groups is 3. The van der Waals surface area contributed by atoms with Gasteiger partial charge in [0.1, 0.15) is 0 Å². The lowest BCUT2D eigenvalue weighted by Crippen LogP contribution is -2.41. The zero-order chi connectivity index (χ0) is 16.7. The molecule has 0 aliphatic carbocycles. The van der Waals surface area contributed by atoms with E-state index in [9.17, 15) is 14.4 Å². The third kappa shape index (κ3) is 4.89. The van der Waals surface area contributed by atoms with Gasteiger partial charge in [-0.3, -0.25) is 19.7 Å². The topological polar surface area (TPSA) is 100 Å². The SMILES string of the molecule is CCNC(=O)CNC(=O)C(=O)Nc1nc(-c2ccccc2)cs1. The smallest absolute Gasteiger partial charge is 0.315 e. The second-order valence-corrected chi connectivity index (χ2v) is 5.35. The van der Waals surface area contributed by atoms with Crippen molar-refractivity contribution in [1.29, 1.82) is 0 Å². The van der Waals surface area contributed by atoms with Crippen molar-refractivity contribution in [1.82, 2.24) is 15.6 Å². The normalized spacial score (nSPS) is 9.96. The average molecular weight is 332 g/mol. The van der Waals surface area contributed by atoms with Crippen molar-refractivity contribution in [2.45, 2.75) is 6.92 Å². The largest absolute Gasteiger partial charge is 0.355 e. The molecule has 2 aromatic rings. The van der Waals surface area contributed by atoms with Crippen molar-refractivity contribution in [2.24, 2.45) is 0 Å². The molecular formula is C15H16N4O3S. The van der Waals surface area contributed by atoms with Crippen LogP contribution in [0.15, 0.2) is 35.7 Å². The molecule has 0 fully saturated rings. The van der Waals surface area contributed by atoms with Gasteiger partial charge in [-0.1, -0.05) is 30.3 Å². The van der Waals surface area contributed by atoms with Gasteiger partial charge in [-0.15, -0.1) is 11.3 Å². The number of amides is 3. The van der Waals surface area contributed by atoms with Crippen molar-refractivity contribution in [3.8, 4) is 11.3 Å². The van der Waals surface area contributed by atoms with Crippen molar-refractivity contribution >= 4 is 34.2 Å². The van der Waals surface area contributed by atoms with Gasteiger partial charge in [-0.2, -0.15) is 0 Å². The summed E-state index contributed by atoms with van der Waals surface area (Å²) in [5, 5.41) is 9.28. The molecule has 23 heavy (non-hydrogen) atoms. The van der Waals surface area contributed by atoms with Crippen LogP contribution < -0.4 is 16.0 Å². The number of thiazole rings is 1. The minimum atomic E-state index is -0.882. The van der Waals surface area contributed by atoms with Crippen LogP contribution in [0, 0.1) is 0 Å². The van der Waals surface area contributed by atoms with E-state index >= 15 is 0 Å². The summed E-state index contributed by atoms with van der Waals surface area (Å²) in [4.78, 5) is 38.8. The molecule has 8 heteroatoms. The molecule has 0 spiro atoms. The fourth-order valence-electron chi connectivity index (χ4n) is 1.73. The molecule has 3 N–H and O–H groups in total. The first-order valence-corrected chi connectivity index (χ1v) is 7.85. The lowest BCUT2D eigenvalue weighted by molar-refractivity contribution is -0.136. The Bertz CT molecular complexity index is 700. The lowest BCUT2D eigenvalue weighted by Gasteiger charge is -2.04. The minimum absolute atomic E-state index is 0.243. The van der Waals surface area contributed by atoms with E-state index in [0.717, 1.165) is 5.56 Å². The quantitative estimate of drug-likeness (QED) is 0.711. The van der Waals surface area contributed by atoms with Gasteiger partial charge >= 0.3 is 11.8 Å². The molecule has 3 amide bonds. The molecule has 1 heterocycles. The Morgan fingerprint density at radius 3 is 2.52 bits per heavy atom. The van der Waals surface area contributed by atoms with Crippen LogP contribution in [0.5, 0.6) is 0 Å². The number of likely N-dealkylation sites (N-methyl/N-ethyl adjacent to an activating group) is 1. The number of hydrogen-bond acceptors (Lipinski definition) is 5. The molecule has 2 rings (SSSR count). The summed E-state index contributed by atoms with van der Waals surface area (Å²) in [5.41, 5.74) is 1.64. The molecule has 7 nitrogen and oxygen atoms in total. The number of nitrogens with one attached hydrogen (secondary N) is 3. The number of carbonyl (C=O) groups excluding carboxylic acids is 3. The molecule has 0 unspecified atom stereocenters. The molecule has 0 aliphatic rings. The highest BCUT2D eigenvalue weighted by Crippen LogP contribution is 2.24. The fourth-order valence-corrected chi connectivity index (χ4v) is 2.44. The molecule has 0 saturated heterocycles. The zero-order valence-electron chi connectivity index (χ0n) is 12.5. The highest BCUT2D eigenvalue weighted by Gasteiger charge is 2.16. The molecule has 0 radical (unpaired) electrons. The predicted octanol–water partition coefficient (Wildman–Crippen LogP) is 1.00. The number of hydrogen-bond donors (Lipinski definition) is 3. The highest BCUT2D eigenvalue weighted by atomic mass is 32.1. The van der Waals surface area contributed by atoms with Crippen LogP contribution in [0.4, 0.5) is 5.13 Å². The van der Waals surface area contributed by atoms with Crippen LogP contribution in [-0.4, -0.2) is 35.8 Å². The Morgan fingerprint density at radius 1 is 1.09 bits per heavy atom. The zero-order valence-corrected chi connectivity index (χ0v) is 13.3. The minimum Gasteiger partial charge on any atom is -0.355 e. The van der Waals surface area contributed by atoms with Gasteiger partial charge in [0.15, 0.2) is 5.13 Å². The Labute approximate surface area is 137 Å². The van der Waals surface area contributed by atoms with E-state index in [1.54, 1.807) is 12.3 Å². The van der Waals surface area contributed by atoms with Gasteiger partial charge < -0.3 is 10.6 Å². The number of aromatic nitrogens is 1. The van der Waals surface area contributed by atoms with E-state index < -0.39 is 11.8 Å². The van der Waals surface area contributed by atoms with Crippen LogP contribution in [0.25, 0.3) is 11.3 Å². The first-order valence-electron chi connectivity index (χ1n) is 6.97. The van der Waals surface area contributed by atoms with Crippen LogP contribution in [0.1, 0.15) is 6.92 Å². The van der Waals surface area contributed by atoms with Crippen LogP contribution in [0.2, 0.25) is 0 Å². The molecule has 1 aromatic heterocycles. The summed E-state index contributed by atoms with van der Waals surface area (Å²) < 4.78 is 0. The van der Waals surface area contributed by atoms with E-state index in [2.05, 4.69) is 20.9 Å². The van der Waals surface area contributed by atoms with E-state index in [4.69, 9.17) is 0 Å². The summed E-state index contributed by atoms with van der Waals surface area (Å²) in [6.07, 6.45) is 0. The van der Waals surface area contributed by atoms with Crippen LogP contribution >= 0.6 is 11.3 Å². The second kappa shape index (κ2) is 8.04. The lowest BCUT2D eigenvalue weighted by atomic mass is 10.2. The molecule has 0 aliphatic heterocycles. The third-order valence-electron chi connectivity index (χ3n) is 2.78. The van der Waals surface area contributed by atoms with Gasteiger partial charge in [0, 0.05) is 17.5 Å². The van der Waals surface area contributed by atoms with Gasteiger partial charge in [0.05, 0.1) is 12.2 Å². The molecule has 0 bridgehead atoms. The summed E-state index contributed by atoms with van der Waals surface area (Å²) >= 11 is 1.22. The van der Waals surface area contributed by atoms with Crippen LogP contribution in [0.3, 0.4) is 0 Å². The first-order chi connectivity index (χ1) is 11.1. The standard InChI is InChI=1S/C15H16N4O3S/c1-2-16-12(20)8-17-13(21)14(22)19-15-18-11(9-23-15)10-6-4-3-5-7-10/h3-7,9H,2,8H2,1H3,(H,16,20)(H,17,21)(H,18,19,22). The Morgan fingerprint density at radius 2 is 1.83 bits per heavy atom. The number of nitrogens with zero attached hydrogens (tertiary/aromatic N) is 1. The van der Waals surface area contributed by atoms with Gasteiger partial charge in [-0.05, 0) is 6.92 Å².